The zero-order chi connectivity index (χ0) is 14.9. The molecular formula is C12H16FN3O2S2. The Balaban J connectivity index is 2.20. The van der Waals surface area contributed by atoms with Crippen molar-refractivity contribution < 1.29 is 12.8 Å². The molecule has 0 radical (unpaired) electrons. The average molecular weight is 317 g/mol. The predicted octanol–water partition coefficient (Wildman–Crippen LogP) is 2.09. The van der Waals surface area contributed by atoms with Gasteiger partial charge in [0.1, 0.15) is 5.82 Å². The number of nitrogens with zero attached hydrogens (tertiary/aromatic N) is 1. The molecule has 2 rings (SSSR count). The molecular weight excluding hydrogens is 301 g/mol. The number of aromatic amines is 1. The van der Waals surface area contributed by atoms with Gasteiger partial charge in [0, 0.05) is 13.1 Å². The summed E-state index contributed by atoms with van der Waals surface area (Å²) in [6, 6.07) is 3.16. The van der Waals surface area contributed by atoms with Crippen LogP contribution in [0, 0.1) is 17.5 Å². The molecule has 0 fully saturated rings. The number of rotatable bonds is 5. The van der Waals surface area contributed by atoms with Gasteiger partial charge in [0.2, 0.25) is 10.0 Å². The molecule has 0 amide bonds. The van der Waals surface area contributed by atoms with Crippen LogP contribution in [0.3, 0.4) is 0 Å². The number of halogens is 1. The first-order chi connectivity index (χ1) is 9.28. The van der Waals surface area contributed by atoms with Crippen LogP contribution in [0.1, 0.15) is 12.0 Å². The molecule has 0 saturated carbocycles. The molecule has 1 aromatic carbocycles. The van der Waals surface area contributed by atoms with Crippen molar-refractivity contribution in [3.63, 3.8) is 0 Å². The average Bonchev–Trinajstić information content (AvgIpc) is 2.60. The lowest BCUT2D eigenvalue weighted by Gasteiger charge is -2.06. The predicted molar refractivity (Wildman–Crippen MR) is 79.3 cm³/mol. The van der Waals surface area contributed by atoms with Crippen molar-refractivity contribution in [1.82, 2.24) is 14.3 Å². The van der Waals surface area contributed by atoms with E-state index in [4.69, 9.17) is 12.2 Å². The Bertz CT molecular complexity index is 793. The normalized spacial score (nSPS) is 12.2. The maximum atomic E-state index is 13.5. The van der Waals surface area contributed by atoms with E-state index in [9.17, 15) is 12.8 Å². The molecule has 0 bridgehead atoms. The summed E-state index contributed by atoms with van der Waals surface area (Å²) in [5.41, 5.74) is 2.02. The minimum absolute atomic E-state index is 0.278. The van der Waals surface area contributed by atoms with Crippen LogP contribution in [0.15, 0.2) is 12.1 Å². The fourth-order valence-corrected chi connectivity index (χ4v) is 2.81. The summed E-state index contributed by atoms with van der Waals surface area (Å²) in [7, 11) is -3.17. The van der Waals surface area contributed by atoms with Gasteiger partial charge in [-0.25, -0.2) is 17.5 Å². The Morgan fingerprint density at radius 3 is 2.80 bits per heavy atom. The van der Waals surface area contributed by atoms with Gasteiger partial charge in [0.15, 0.2) is 4.77 Å². The summed E-state index contributed by atoms with van der Waals surface area (Å²) in [5.74, 6) is -0.278. The quantitative estimate of drug-likeness (QED) is 0.655. The Kier molecular flexibility index (Phi) is 4.26. The summed E-state index contributed by atoms with van der Waals surface area (Å²) >= 11 is 5.21. The molecule has 5 nitrogen and oxygen atoms in total. The van der Waals surface area contributed by atoms with E-state index in [0.29, 0.717) is 35.4 Å². The van der Waals surface area contributed by atoms with Crippen LogP contribution in [0.2, 0.25) is 0 Å². The van der Waals surface area contributed by atoms with Gasteiger partial charge in [-0.3, -0.25) is 0 Å². The third-order valence-electron chi connectivity index (χ3n) is 2.98. The Morgan fingerprint density at radius 2 is 2.15 bits per heavy atom. The van der Waals surface area contributed by atoms with Crippen molar-refractivity contribution in [3.05, 3.63) is 28.3 Å². The fourth-order valence-electron chi connectivity index (χ4n) is 2.00. The van der Waals surface area contributed by atoms with E-state index in [-0.39, 0.29) is 5.82 Å². The molecule has 2 N–H and O–H groups in total. The smallest absolute Gasteiger partial charge is 0.208 e. The number of aryl methyl sites for hydroxylation is 2. The lowest BCUT2D eigenvalue weighted by atomic mass is 10.2. The van der Waals surface area contributed by atoms with Gasteiger partial charge >= 0.3 is 0 Å². The maximum Gasteiger partial charge on any atom is 0.208 e. The minimum atomic E-state index is -3.17. The second kappa shape index (κ2) is 5.63. The van der Waals surface area contributed by atoms with Crippen LogP contribution >= 0.6 is 12.2 Å². The second-order valence-electron chi connectivity index (χ2n) is 4.72. The van der Waals surface area contributed by atoms with Crippen LogP contribution in [0.5, 0.6) is 0 Å². The third kappa shape index (κ3) is 3.44. The number of aromatic nitrogens is 2. The van der Waals surface area contributed by atoms with E-state index in [0.717, 1.165) is 11.8 Å². The molecule has 0 aliphatic rings. The molecule has 0 atom stereocenters. The number of H-pyrrole nitrogens is 1. The first-order valence-electron chi connectivity index (χ1n) is 6.11. The highest BCUT2D eigenvalue weighted by atomic mass is 32.2. The van der Waals surface area contributed by atoms with Crippen molar-refractivity contribution >= 4 is 33.3 Å². The molecule has 2 aromatic rings. The zero-order valence-corrected chi connectivity index (χ0v) is 12.9. The van der Waals surface area contributed by atoms with Crippen molar-refractivity contribution in [3.8, 4) is 0 Å². The van der Waals surface area contributed by atoms with Gasteiger partial charge in [-0.1, -0.05) is 0 Å². The minimum Gasteiger partial charge on any atom is -0.330 e. The van der Waals surface area contributed by atoms with Crippen molar-refractivity contribution in [2.45, 2.75) is 19.9 Å². The van der Waals surface area contributed by atoms with Gasteiger partial charge in [-0.15, -0.1) is 0 Å². The molecule has 1 aromatic heterocycles. The van der Waals surface area contributed by atoms with Crippen molar-refractivity contribution in [2.24, 2.45) is 0 Å². The standard InChI is InChI=1S/C12H16FN3O2S2/c1-8-6-11-10(7-9(8)13)15-12(19)16(11)5-3-4-14-20(2,17)18/h6-7,14H,3-5H2,1-2H3,(H,15,19). The molecule has 1 heterocycles. The lowest BCUT2D eigenvalue weighted by molar-refractivity contribution is 0.576. The monoisotopic (exact) mass is 317 g/mol. The Hall–Kier alpha value is -1.25. The highest BCUT2D eigenvalue weighted by Crippen LogP contribution is 2.19. The van der Waals surface area contributed by atoms with E-state index in [1.807, 2.05) is 4.57 Å². The van der Waals surface area contributed by atoms with Gasteiger partial charge in [0.05, 0.1) is 17.3 Å². The molecule has 0 spiro atoms. The fraction of sp³-hybridized carbons (Fsp3) is 0.417. The van der Waals surface area contributed by atoms with Crippen molar-refractivity contribution in [1.29, 1.82) is 0 Å². The molecule has 110 valence electrons. The first kappa shape index (κ1) is 15.1. The maximum absolute atomic E-state index is 13.5. The number of hydrogen-bond acceptors (Lipinski definition) is 3. The molecule has 8 heteroatoms. The number of fused-ring (bicyclic) bond motifs is 1. The molecule has 0 saturated heterocycles. The summed E-state index contributed by atoms with van der Waals surface area (Å²) in [6.45, 7) is 2.60. The number of benzene rings is 1. The Labute approximate surface area is 121 Å². The number of sulfonamides is 1. The number of hydrogen-bond donors (Lipinski definition) is 2. The second-order valence-corrected chi connectivity index (χ2v) is 6.94. The van der Waals surface area contributed by atoms with Gasteiger partial charge in [-0.2, -0.15) is 0 Å². The molecule has 0 unspecified atom stereocenters. The van der Waals surface area contributed by atoms with E-state index in [1.165, 1.54) is 6.07 Å². The number of imidazole rings is 1. The molecule has 0 aliphatic carbocycles. The van der Waals surface area contributed by atoms with Crippen LogP contribution < -0.4 is 4.72 Å². The van der Waals surface area contributed by atoms with Gasteiger partial charge < -0.3 is 9.55 Å². The van der Waals surface area contributed by atoms with Crippen LogP contribution in [0.25, 0.3) is 11.0 Å². The van der Waals surface area contributed by atoms with Crippen LogP contribution in [-0.2, 0) is 16.6 Å². The third-order valence-corrected chi connectivity index (χ3v) is 4.03. The van der Waals surface area contributed by atoms with E-state index >= 15 is 0 Å². The summed E-state index contributed by atoms with van der Waals surface area (Å²) in [4.78, 5) is 2.95. The molecule has 20 heavy (non-hydrogen) atoms. The number of nitrogens with one attached hydrogen (secondary N) is 2. The SMILES string of the molecule is Cc1cc2c(cc1F)[nH]c(=S)n2CCCNS(C)(=O)=O. The van der Waals surface area contributed by atoms with Gasteiger partial charge in [-0.05, 0) is 43.3 Å². The molecule has 0 aliphatic heterocycles. The van der Waals surface area contributed by atoms with Crippen molar-refractivity contribution in [2.75, 3.05) is 12.8 Å². The summed E-state index contributed by atoms with van der Waals surface area (Å²) in [6.07, 6.45) is 1.72. The summed E-state index contributed by atoms with van der Waals surface area (Å²) < 4.78 is 40.2. The van der Waals surface area contributed by atoms with E-state index < -0.39 is 10.0 Å². The summed E-state index contributed by atoms with van der Waals surface area (Å²) in [5, 5.41) is 0. The topological polar surface area (TPSA) is 66.9 Å². The van der Waals surface area contributed by atoms with E-state index in [1.54, 1.807) is 13.0 Å². The van der Waals surface area contributed by atoms with E-state index in [2.05, 4.69) is 9.71 Å². The van der Waals surface area contributed by atoms with Crippen LogP contribution in [-0.4, -0.2) is 30.8 Å². The Morgan fingerprint density at radius 1 is 1.45 bits per heavy atom. The largest absolute Gasteiger partial charge is 0.330 e. The van der Waals surface area contributed by atoms with Gasteiger partial charge in [0.25, 0.3) is 0 Å². The van der Waals surface area contributed by atoms with Crippen LogP contribution in [0.4, 0.5) is 4.39 Å². The first-order valence-corrected chi connectivity index (χ1v) is 8.41. The zero-order valence-electron chi connectivity index (χ0n) is 11.2. The highest BCUT2D eigenvalue weighted by Gasteiger charge is 2.08. The highest BCUT2D eigenvalue weighted by molar-refractivity contribution is 7.88. The lowest BCUT2D eigenvalue weighted by Crippen LogP contribution is -2.23.